The number of fused-ring (bicyclic) bond motifs is 1. The van der Waals surface area contributed by atoms with Crippen molar-refractivity contribution in [2.24, 2.45) is 0 Å². The zero-order valence-electron chi connectivity index (χ0n) is 8.81. The van der Waals surface area contributed by atoms with E-state index in [4.69, 9.17) is 14.6 Å². The number of carboxylic acids is 1. The molecular weight excluding hydrogens is 212 g/mol. The van der Waals surface area contributed by atoms with Gasteiger partial charge in [0, 0.05) is 13.8 Å². The molecule has 1 aliphatic rings. The molecule has 0 aromatic heterocycles. The minimum absolute atomic E-state index is 0.0269. The second-order valence-corrected chi connectivity index (χ2v) is 3.91. The van der Waals surface area contributed by atoms with Crippen molar-refractivity contribution in [3.63, 3.8) is 0 Å². The summed E-state index contributed by atoms with van der Waals surface area (Å²) in [5.74, 6) is -2.35. The number of aromatic carboxylic acids is 1. The van der Waals surface area contributed by atoms with E-state index in [-0.39, 0.29) is 11.1 Å². The zero-order chi connectivity index (χ0) is 11.9. The van der Waals surface area contributed by atoms with E-state index in [1.165, 1.54) is 18.2 Å². The standard InChI is InChI=1S/C11H10O5/c1-11(2)15-8-4-3-6(9(12)13)5-7(8)10(14)16-11/h3-5H,1-2H3,(H,12,13). The van der Waals surface area contributed by atoms with Crippen LogP contribution < -0.4 is 4.74 Å². The molecule has 16 heavy (non-hydrogen) atoms. The van der Waals surface area contributed by atoms with E-state index in [1.807, 2.05) is 0 Å². The molecule has 1 aromatic carbocycles. The predicted octanol–water partition coefficient (Wildman–Crippen LogP) is 1.67. The van der Waals surface area contributed by atoms with E-state index in [2.05, 4.69) is 0 Å². The number of benzene rings is 1. The third kappa shape index (κ3) is 1.71. The molecular formula is C11H10O5. The monoisotopic (exact) mass is 222 g/mol. The van der Waals surface area contributed by atoms with Crippen molar-refractivity contribution < 1.29 is 24.2 Å². The molecule has 2 rings (SSSR count). The van der Waals surface area contributed by atoms with Gasteiger partial charge in [0.25, 0.3) is 0 Å². The Balaban J connectivity index is 2.49. The minimum atomic E-state index is -1.10. The summed E-state index contributed by atoms with van der Waals surface area (Å²) in [7, 11) is 0. The quantitative estimate of drug-likeness (QED) is 0.731. The summed E-state index contributed by atoms with van der Waals surface area (Å²) in [6.07, 6.45) is 0. The lowest BCUT2D eigenvalue weighted by Crippen LogP contribution is -2.38. The molecule has 5 heteroatoms. The maximum Gasteiger partial charge on any atom is 0.345 e. The average molecular weight is 222 g/mol. The SMILES string of the molecule is CC1(C)OC(=O)c2cc(C(=O)O)ccc2O1. The minimum Gasteiger partial charge on any atom is -0.478 e. The van der Waals surface area contributed by atoms with Gasteiger partial charge in [0.05, 0.1) is 5.56 Å². The second-order valence-electron chi connectivity index (χ2n) is 3.91. The lowest BCUT2D eigenvalue weighted by atomic mass is 10.1. The van der Waals surface area contributed by atoms with Crippen LogP contribution in [0.5, 0.6) is 5.75 Å². The van der Waals surface area contributed by atoms with Crippen LogP contribution in [0.2, 0.25) is 0 Å². The van der Waals surface area contributed by atoms with Crippen molar-refractivity contribution in [1.82, 2.24) is 0 Å². The fourth-order valence-corrected chi connectivity index (χ4v) is 1.48. The number of ether oxygens (including phenoxy) is 2. The third-order valence-electron chi connectivity index (χ3n) is 2.14. The first kappa shape index (κ1) is 10.5. The average Bonchev–Trinajstić information content (AvgIpc) is 2.15. The van der Waals surface area contributed by atoms with E-state index >= 15 is 0 Å². The molecule has 84 valence electrons. The molecule has 5 nitrogen and oxygen atoms in total. The maximum atomic E-state index is 11.6. The zero-order valence-corrected chi connectivity index (χ0v) is 8.81. The first-order chi connectivity index (χ1) is 7.39. The number of hydrogen-bond acceptors (Lipinski definition) is 4. The summed E-state index contributed by atoms with van der Waals surface area (Å²) in [5, 5.41) is 8.78. The van der Waals surface area contributed by atoms with Gasteiger partial charge >= 0.3 is 11.9 Å². The Hall–Kier alpha value is -2.04. The Kier molecular flexibility index (Phi) is 2.11. The van der Waals surface area contributed by atoms with Gasteiger partial charge in [0.1, 0.15) is 11.3 Å². The number of carboxylic acid groups (broad SMARTS) is 1. The van der Waals surface area contributed by atoms with Crippen molar-refractivity contribution >= 4 is 11.9 Å². The van der Waals surface area contributed by atoms with E-state index in [0.717, 1.165) is 0 Å². The third-order valence-corrected chi connectivity index (χ3v) is 2.14. The van der Waals surface area contributed by atoms with Gasteiger partial charge in [-0.25, -0.2) is 9.59 Å². The Bertz CT molecular complexity index is 475. The van der Waals surface area contributed by atoms with Crippen molar-refractivity contribution in [2.45, 2.75) is 19.6 Å². The van der Waals surface area contributed by atoms with Gasteiger partial charge in [0.2, 0.25) is 5.79 Å². The number of cyclic esters (lactones) is 1. The van der Waals surface area contributed by atoms with Gasteiger partial charge in [-0.15, -0.1) is 0 Å². The van der Waals surface area contributed by atoms with Crippen LogP contribution in [0.1, 0.15) is 34.6 Å². The van der Waals surface area contributed by atoms with Gasteiger partial charge in [-0.3, -0.25) is 0 Å². The van der Waals surface area contributed by atoms with Crippen molar-refractivity contribution in [3.8, 4) is 5.75 Å². The van der Waals surface area contributed by atoms with Crippen LogP contribution in [-0.4, -0.2) is 22.8 Å². The predicted molar refractivity (Wildman–Crippen MR) is 53.5 cm³/mol. The van der Waals surface area contributed by atoms with Crippen LogP contribution >= 0.6 is 0 Å². The Morgan fingerprint density at radius 1 is 1.31 bits per heavy atom. The van der Waals surface area contributed by atoms with E-state index < -0.39 is 17.7 Å². The summed E-state index contributed by atoms with van der Waals surface area (Å²) >= 11 is 0. The fraction of sp³-hybridized carbons (Fsp3) is 0.273. The number of carbonyl (C=O) groups excluding carboxylic acids is 1. The first-order valence-corrected chi connectivity index (χ1v) is 4.69. The highest BCUT2D eigenvalue weighted by molar-refractivity contribution is 5.97. The highest BCUT2D eigenvalue weighted by Gasteiger charge is 2.34. The highest BCUT2D eigenvalue weighted by atomic mass is 16.7. The molecule has 0 atom stereocenters. The molecule has 0 saturated heterocycles. The molecule has 0 fully saturated rings. The summed E-state index contributed by atoms with van der Waals surface area (Å²) in [5.41, 5.74) is 0.165. The van der Waals surface area contributed by atoms with E-state index in [0.29, 0.717) is 5.75 Å². The van der Waals surface area contributed by atoms with Gasteiger partial charge < -0.3 is 14.6 Å². The van der Waals surface area contributed by atoms with Crippen LogP contribution in [0.3, 0.4) is 0 Å². The largest absolute Gasteiger partial charge is 0.478 e. The molecule has 0 spiro atoms. The van der Waals surface area contributed by atoms with Gasteiger partial charge in [0.15, 0.2) is 0 Å². The van der Waals surface area contributed by atoms with Crippen LogP contribution in [0.25, 0.3) is 0 Å². The fourth-order valence-electron chi connectivity index (χ4n) is 1.48. The number of rotatable bonds is 1. The lowest BCUT2D eigenvalue weighted by molar-refractivity contribution is -0.127. The smallest absolute Gasteiger partial charge is 0.345 e. The van der Waals surface area contributed by atoms with Gasteiger partial charge in [-0.05, 0) is 18.2 Å². The second kappa shape index (κ2) is 3.23. The van der Waals surface area contributed by atoms with E-state index in [1.54, 1.807) is 13.8 Å². The van der Waals surface area contributed by atoms with Crippen LogP contribution in [-0.2, 0) is 4.74 Å². The lowest BCUT2D eigenvalue weighted by Gasteiger charge is -2.31. The maximum absolute atomic E-state index is 11.6. The molecule has 1 heterocycles. The molecule has 0 aliphatic carbocycles. The molecule has 1 aliphatic heterocycles. The number of carbonyl (C=O) groups is 2. The Morgan fingerprint density at radius 3 is 2.62 bits per heavy atom. The van der Waals surface area contributed by atoms with Crippen molar-refractivity contribution in [2.75, 3.05) is 0 Å². The van der Waals surface area contributed by atoms with Crippen LogP contribution in [0, 0.1) is 0 Å². The number of esters is 1. The summed E-state index contributed by atoms with van der Waals surface area (Å²) in [4.78, 5) is 22.3. The van der Waals surface area contributed by atoms with Crippen LogP contribution in [0.4, 0.5) is 0 Å². The summed E-state index contributed by atoms with van der Waals surface area (Å²) < 4.78 is 10.4. The molecule has 0 unspecified atom stereocenters. The molecule has 1 aromatic rings. The Morgan fingerprint density at radius 2 is 2.00 bits per heavy atom. The Labute approximate surface area is 91.6 Å². The summed E-state index contributed by atoms with van der Waals surface area (Å²) in [6, 6.07) is 4.09. The normalized spacial score (nSPS) is 17.0. The summed E-state index contributed by atoms with van der Waals surface area (Å²) in [6.45, 7) is 3.22. The molecule has 0 amide bonds. The molecule has 0 bridgehead atoms. The highest BCUT2D eigenvalue weighted by Crippen LogP contribution is 2.31. The van der Waals surface area contributed by atoms with Crippen molar-refractivity contribution in [3.05, 3.63) is 29.3 Å². The van der Waals surface area contributed by atoms with Gasteiger partial charge in [-0.2, -0.15) is 0 Å². The molecule has 0 saturated carbocycles. The van der Waals surface area contributed by atoms with Gasteiger partial charge in [-0.1, -0.05) is 0 Å². The first-order valence-electron chi connectivity index (χ1n) is 4.69. The van der Waals surface area contributed by atoms with E-state index in [9.17, 15) is 9.59 Å². The topological polar surface area (TPSA) is 72.8 Å². The molecule has 1 N–H and O–H groups in total. The molecule has 0 radical (unpaired) electrons. The number of hydrogen-bond donors (Lipinski definition) is 1. The van der Waals surface area contributed by atoms with Crippen LogP contribution in [0.15, 0.2) is 18.2 Å². The van der Waals surface area contributed by atoms with Crippen molar-refractivity contribution in [1.29, 1.82) is 0 Å².